The van der Waals surface area contributed by atoms with Crippen LogP contribution in [-0.2, 0) is 6.61 Å². The van der Waals surface area contributed by atoms with E-state index in [1.54, 1.807) is 0 Å². The van der Waals surface area contributed by atoms with Gasteiger partial charge in [-0.15, -0.1) is 0 Å². The van der Waals surface area contributed by atoms with Gasteiger partial charge in [0.2, 0.25) is 0 Å². The van der Waals surface area contributed by atoms with Crippen molar-refractivity contribution in [3.63, 3.8) is 0 Å². The van der Waals surface area contributed by atoms with Crippen LogP contribution in [0.5, 0.6) is 5.75 Å². The Hall–Kier alpha value is -1.28. The molecule has 2 rings (SSSR count). The van der Waals surface area contributed by atoms with E-state index in [1.807, 2.05) is 44.2 Å². The highest BCUT2D eigenvalue weighted by Crippen LogP contribution is 2.26. The molecule has 18 heavy (non-hydrogen) atoms. The van der Waals surface area contributed by atoms with Crippen molar-refractivity contribution >= 4 is 15.9 Å². The van der Waals surface area contributed by atoms with Crippen LogP contribution in [0.3, 0.4) is 0 Å². The minimum Gasteiger partial charge on any atom is -0.488 e. The highest BCUT2D eigenvalue weighted by atomic mass is 79.9. The van der Waals surface area contributed by atoms with Crippen LogP contribution in [0.25, 0.3) is 0 Å². The normalized spacial score (nSPS) is 9.33. The Morgan fingerprint density at radius 1 is 1.00 bits per heavy atom. The van der Waals surface area contributed by atoms with E-state index < -0.39 is 0 Å². The summed E-state index contributed by atoms with van der Waals surface area (Å²) < 4.78 is 6.73. The lowest BCUT2D eigenvalue weighted by molar-refractivity contribution is 0.304. The molecule has 0 atom stereocenters. The molecule has 0 spiro atoms. The molecule has 0 aliphatic carbocycles. The fraction of sp³-hybridized carbons (Fsp3) is 0.250. The summed E-state index contributed by atoms with van der Waals surface area (Å²) in [5.74, 6) is 0.884. The molecule has 0 N–H and O–H groups in total. The van der Waals surface area contributed by atoms with Crippen molar-refractivity contribution in [2.24, 2.45) is 0 Å². The first-order valence-corrected chi connectivity index (χ1v) is 6.98. The molecule has 96 valence electrons. The molecule has 0 heterocycles. The maximum absolute atomic E-state index is 5.73. The summed E-state index contributed by atoms with van der Waals surface area (Å²) in [5, 5.41) is 0. The molecule has 1 nitrogen and oxygen atoms in total. The molecule has 2 aromatic carbocycles. The summed E-state index contributed by atoms with van der Waals surface area (Å²) in [6, 6.07) is 16.2. The van der Waals surface area contributed by atoms with Crippen molar-refractivity contribution in [3.05, 3.63) is 64.1 Å². The number of aryl methyl sites for hydroxylation is 1. The Labute approximate surface area is 118 Å². The van der Waals surface area contributed by atoms with Crippen molar-refractivity contribution in [2.75, 3.05) is 0 Å². The first-order chi connectivity index (χ1) is 8.75. The Morgan fingerprint density at radius 2 is 1.67 bits per heavy atom. The van der Waals surface area contributed by atoms with E-state index in [-0.39, 0.29) is 0 Å². The van der Waals surface area contributed by atoms with Crippen LogP contribution in [0.15, 0.2) is 53.0 Å². The second-order valence-corrected chi connectivity index (χ2v) is 4.56. The van der Waals surface area contributed by atoms with Gasteiger partial charge in [0.15, 0.2) is 0 Å². The molecule has 0 aromatic heterocycles. The highest BCUT2D eigenvalue weighted by molar-refractivity contribution is 9.10. The molecular weight excluding hydrogens is 288 g/mol. The number of benzene rings is 2. The molecule has 0 unspecified atom stereocenters. The molecule has 0 saturated heterocycles. The van der Waals surface area contributed by atoms with Gasteiger partial charge in [-0.2, -0.15) is 0 Å². The third-order valence-corrected chi connectivity index (χ3v) is 2.94. The van der Waals surface area contributed by atoms with Gasteiger partial charge < -0.3 is 4.74 Å². The predicted octanol–water partition coefficient (Wildman–Crippen LogP) is 5.36. The van der Waals surface area contributed by atoms with Gasteiger partial charge in [0.1, 0.15) is 12.4 Å². The molecular formula is C16H19BrO. The zero-order valence-corrected chi connectivity index (χ0v) is 12.7. The monoisotopic (exact) mass is 306 g/mol. The van der Waals surface area contributed by atoms with Crippen LogP contribution in [-0.4, -0.2) is 0 Å². The largest absolute Gasteiger partial charge is 0.488 e. The molecule has 0 saturated carbocycles. The Bertz CT molecular complexity index is 466. The van der Waals surface area contributed by atoms with Crippen LogP contribution >= 0.6 is 15.9 Å². The lowest BCUT2D eigenvalue weighted by Gasteiger charge is -2.08. The summed E-state index contributed by atoms with van der Waals surface area (Å²) >= 11 is 3.50. The van der Waals surface area contributed by atoms with Crippen molar-refractivity contribution in [1.29, 1.82) is 0 Å². The first kappa shape index (κ1) is 14.8. The summed E-state index contributed by atoms with van der Waals surface area (Å²) in [7, 11) is 0. The van der Waals surface area contributed by atoms with Crippen LogP contribution in [0.1, 0.15) is 25.0 Å². The third-order valence-electron chi connectivity index (χ3n) is 2.32. The minimum atomic E-state index is 0.600. The van der Waals surface area contributed by atoms with Gasteiger partial charge in [0.05, 0.1) is 4.47 Å². The molecule has 0 radical (unpaired) electrons. The minimum absolute atomic E-state index is 0.600. The van der Waals surface area contributed by atoms with Crippen molar-refractivity contribution in [1.82, 2.24) is 0 Å². The summed E-state index contributed by atoms with van der Waals surface area (Å²) in [5.41, 5.74) is 2.40. The van der Waals surface area contributed by atoms with Crippen molar-refractivity contribution in [3.8, 4) is 5.75 Å². The van der Waals surface area contributed by atoms with Gasteiger partial charge >= 0.3 is 0 Å². The average molecular weight is 307 g/mol. The van der Waals surface area contributed by atoms with E-state index in [0.717, 1.165) is 10.2 Å². The number of rotatable bonds is 3. The third kappa shape index (κ3) is 4.53. The second-order valence-electron chi connectivity index (χ2n) is 3.71. The number of halogens is 1. The van der Waals surface area contributed by atoms with E-state index in [1.165, 1.54) is 11.1 Å². The Kier molecular flexibility index (Phi) is 6.51. The van der Waals surface area contributed by atoms with E-state index in [4.69, 9.17) is 4.74 Å². The standard InChI is InChI=1S/C14H13BrO.C2H6/c1-11-7-8-14(13(15)9-11)16-10-12-5-3-2-4-6-12;1-2/h2-9H,10H2,1H3;1-2H3. The van der Waals surface area contributed by atoms with Gasteiger partial charge in [-0.3, -0.25) is 0 Å². The summed E-state index contributed by atoms with van der Waals surface area (Å²) in [6.07, 6.45) is 0. The zero-order valence-electron chi connectivity index (χ0n) is 11.1. The molecule has 2 aromatic rings. The maximum atomic E-state index is 5.73. The summed E-state index contributed by atoms with van der Waals surface area (Å²) in [6.45, 7) is 6.66. The number of hydrogen-bond donors (Lipinski definition) is 0. The van der Waals surface area contributed by atoms with Crippen LogP contribution in [0.2, 0.25) is 0 Å². The smallest absolute Gasteiger partial charge is 0.134 e. The van der Waals surface area contributed by atoms with E-state index in [0.29, 0.717) is 6.61 Å². The van der Waals surface area contributed by atoms with Crippen LogP contribution in [0, 0.1) is 6.92 Å². The number of ether oxygens (including phenoxy) is 1. The molecule has 0 bridgehead atoms. The maximum Gasteiger partial charge on any atom is 0.134 e. The van der Waals surface area contributed by atoms with Gasteiger partial charge in [0.25, 0.3) is 0 Å². The second kappa shape index (κ2) is 7.93. The predicted molar refractivity (Wildman–Crippen MR) is 81.0 cm³/mol. The van der Waals surface area contributed by atoms with Crippen LogP contribution < -0.4 is 4.74 Å². The SMILES string of the molecule is CC.Cc1ccc(OCc2ccccc2)c(Br)c1. The number of hydrogen-bond acceptors (Lipinski definition) is 1. The molecule has 0 amide bonds. The fourth-order valence-corrected chi connectivity index (χ4v) is 2.07. The van der Waals surface area contributed by atoms with Crippen molar-refractivity contribution < 1.29 is 4.74 Å². The Morgan fingerprint density at radius 3 is 2.28 bits per heavy atom. The van der Waals surface area contributed by atoms with E-state index in [9.17, 15) is 0 Å². The zero-order chi connectivity index (χ0) is 13.4. The first-order valence-electron chi connectivity index (χ1n) is 6.18. The van der Waals surface area contributed by atoms with Crippen molar-refractivity contribution in [2.45, 2.75) is 27.4 Å². The summed E-state index contributed by atoms with van der Waals surface area (Å²) in [4.78, 5) is 0. The van der Waals surface area contributed by atoms with E-state index >= 15 is 0 Å². The molecule has 0 aliphatic rings. The Balaban J connectivity index is 0.000000771. The van der Waals surface area contributed by atoms with Crippen LogP contribution in [0.4, 0.5) is 0 Å². The van der Waals surface area contributed by atoms with Gasteiger partial charge in [0, 0.05) is 0 Å². The molecule has 0 aliphatic heterocycles. The quantitative estimate of drug-likeness (QED) is 0.741. The average Bonchev–Trinajstić information content (AvgIpc) is 2.41. The van der Waals surface area contributed by atoms with Gasteiger partial charge in [-0.05, 0) is 46.1 Å². The fourth-order valence-electron chi connectivity index (χ4n) is 1.46. The van der Waals surface area contributed by atoms with Gasteiger partial charge in [-0.1, -0.05) is 50.2 Å². The van der Waals surface area contributed by atoms with E-state index in [2.05, 4.69) is 41.1 Å². The topological polar surface area (TPSA) is 9.23 Å². The molecule has 2 heteroatoms. The highest BCUT2D eigenvalue weighted by Gasteiger charge is 2.01. The van der Waals surface area contributed by atoms with Gasteiger partial charge in [-0.25, -0.2) is 0 Å². The lowest BCUT2D eigenvalue weighted by Crippen LogP contribution is -1.95. The lowest BCUT2D eigenvalue weighted by atomic mass is 10.2. The molecule has 0 fully saturated rings.